The van der Waals surface area contributed by atoms with Crippen molar-refractivity contribution in [2.45, 2.75) is 13.0 Å². The summed E-state index contributed by atoms with van der Waals surface area (Å²) in [6.07, 6.45) is 0. The number of fused-ring (bicyclic) bond motifs is 1. The van der Waals surface area contributed by atoms with Gasteiger partial charge in [-0.25, -0.2) is 8.78 Å². The highest BCUT2D eigenvalue weighted by Crippen LogP contribution is 2.28. The van der Waals surface area contributed by atoms with Crippen LogP contribution in [0.2, 0.25) is 0 Å². The monoisotopic (exact) mass is 351 g/mol. The van der Waals surface area contributed by atoms with Gasteiger partial charge in [-0.3, -0.25) is 0 Å². The summed E-state index contributed by atoms with van der Waals surface area (Å²) in [6, 6.07) is 11.2. The number of halogens is 3. The van der Waals surface area contributed by atoms with E-state index in [-0.39, 0.29) is 6.04 Å². The fourth-order valence-corrected chi connectivity index (χ4v) is 2.53. The highest BCUT2D eigenvalue weighted by Gasteiger charge is 2.12. The number of rotatable bonds is 3. The highest BCUT2D eigenvalue weighted by atomic mass is 79.9. The smallest absolute Gasteiger partial charge is 0.160 e. The molecule has 0 amide bonds. The first-order chi connectivity index (χ1) is 10.0. The van der Waals surface area contributed by atoms with Gasteiger partial charge in [0.25, 0.3) is 0 Å². The molecule has 0 aliphatic heterocycles. The van der Waals surface area contributed by atoms with Gasteiger partial charge in [0.1, 0.15) is 11.3 Å². The van der Waals surface area contributed by atoms with Crippen LogP contribution in [0, 0.1) is 11.6 Å². The molecule has 0 saturated heterocycles. The van der Waals surface area contributed by atoms with Gasteiger partial charge in [0.05, 0.1) is 6.04 Å². The number of anilines is 1. The molecular weight excluding hydrogens is 340 g/mol. The molecule has 1 unspecified atom stereocenters. The van der Waals surface area contributed by atoms with Crippen LogP contribution in [0.3, 0.4) is 0 Å². The van der Waals surface area contributed by atoms with Gasteiger partial charge in [-0.05, 0) is 43.3 Å². The summed E-state index contributed by atoms with van der Waals surface area (Å²) in [5, 5.41) is 4.07. The SMILES string of the molecule is CC(Nc1ccc(F)c(F)c1)c1cc2cc(Br)ccc2o1. The Kier molecular flexibility index (Phi) is 3.68. The second kappa shape index (κ2) is 5.48. The van der Waals surface area contributed by atoms with E-state index in [0.717, 1.165) is 33.3 Å². The Labute approximate surface area is 128 Å². The molecule has 1 heterocycles. The molecule has 0 aliphatic carbocycles. The van der Waals surface area contributed by atoms with Crippen molar-refractivity contribution in [3.05, 3.63) is 64.3 Å². The number of benzene rings is 2. The van der Waals surface area contributed by atoms with Crippen molar-refractivity contribution in [1.29, 1.82) is 0 Å². The topological polar surface area (TPSA) is 25.2 Å². The largest absolute Gasteiger partial charge is 0.459 e. The lowest BCUT2D eigenvalue weighted by molar-refractivity contribution is 0.507. The summed E-state index contributed by atoms with van der Waals surface area (Å²) in [5.41, 5.74) is 1.29. The summed E-state index contributed by atoms with van der Waals surface area (Å²) >= 11 is 3.41. The van der Waals surface area contributed by atoms with Gasteiger partial charge >= 0.3 is 0 Å². The van der Waals surface area contributed by atoms with E-state index in [9.17, 15) is 8.78 Å². The minimum atomic E-state index is -0.874. The number of nitrogens with one attached hydrogen (secondary N) is 1. The van der Waals surface area contributed by atoms with Crippen LogP contribution in [0.5, 0.6) is 0 Å². The zero-order chi connectivity index (χ0) is 15.0. The molecule has 2 nitrogen and oxygen atoms in total. The average Bonchev–Trinajstić information content (AvgIpc) is 2.86. The maximum absolute atomic E-state index is 13.2. The van der Waals surface area contributed by atoms with Gasteiger partial charge in [0, 0.05) is 21.6 Å². The highest BCUT2D eigenvalue weighted by molar-refractivity contribution is 9.10. The van der Waals surface area contributed by atoms with Crippen molar-refractivity contribution >= 4 is 32.6 Å². The van der Waals surface area contributed by atoms with E-state index < -0.39 is 11.6 Å². The molecule has 0 bridgehead atoms. The third-order valence-corrected chi connectivity index (χ3v) is 3.72. The maximum Gasteiger partial charge on any atom is 0.160 e. The van der Waals surface area contributed by atoms with E-state index in [2.05, 4.69) is 21.2 Å². The number of furan rings is 1. The van der Waals surface area contributed by atoms with E-state index >= 15 is 0 Å². The Morgan fingerprint density at radius 1 is 1.05 bits per heavy atom. The quantitative estimate of drug-likeness (QED) is 0.659. The normalized spacial score (nSPS) is 12.6. The summed E-state index contributed by atoms with van der Waals surface area (Å²) < 4.78 is 32.8. The Morgan fingerprint density at radius 3 is 2.62 bits per heavy atom. The van der Waals surface area contributed by atoms with E-state index in [1.165, 1.54) is 6.07 Å². The molecule has 108 valence electrons. The molecule has 0 saturated carbocycles. The second-order valence-corrected chi connectivity index (χ2v) is 5.74. The van der Waals surface area contributed by atoms with Gasteiger partial charge in [0.2, 0.25) is 0 Å². The van der Waals surface area contributed by atoms with Crippen molar-refractivity contribution in [1.82, 2.24) is 0 Å². The van der Waals surface area contributed by atoms with Crippen LogP contribution in [-0.4, -0.2) is 0 Å². The van der Waals surface area contributed by atoms with Crippen molar-refractivity contribution < 1.29 is 13.2 Å². The van der Waals surface area contributed by atoms with Crippen LogP contribution in [0.1, 0.15) is 18.7 Å². The van der Waals surface area contributed by atoms with Crippen LogP contribution in [0.25, 0.3) is 11.0 Å². The van der Waals surface area contributed by atoms with Crippen molar-refractivity contribution in [3.8, 4) is 0 Å². The van der Waals surface area contributed by atoms with Crippen molar-refractivity contribution in [3.63, 3.8) is 0 Å². The first-order valence-corrected chi connectivity index (χ1v) is 7.23. The van der Waals surface area contributed by atoms with Crippen LogP contribution in [0.15, 0.2) is 51.4 Å². The predicted molar refractivity (Wildman–Crippen MR) is 82.3 cm³/mol. The minimum Gasteiger partial charge on any atom is -0.459 e. The number of hydrogen-bond donors (Lipinski definition) is 1. The molecule has 0 aliphatic rings. The van der Waals surface area contributed by atoms with Crippen LogP contribution < -0.4 is 5.32 Å². The molecule has 5 heteroatoms. The lowest BCUT2D eigenvalue weighted by Crippen LogP contribution is -2.05. The molecule has 3 rings (SSSR count). The zero-order valence-electron chi connectivity index (χ0n) is 11.2. The lowest BCUT2D eigenvalue weighted by atomic mass is 10.2. The summed E-state index contributed by atoms with van der Waals surface area (Å²) in [7, 11) is 0. The van der Waals surface area contributed by atoms with E-state index in [4.69, 9.17) is 4.42 Å². The fraction of sp³-hybridized carbons (Fsp3) is 0.125. The number of hydrogen-bond acceptors (Lipinski definition) is 2. The molecule has 0 spiro atoms. The molecule has 1 aromatic heterocycles. The summed E-state index contributed by atoms with van der Waals surface area (Å²) in [4.78, 5) is 0. The molecule has 1 N–H and O–H groups in total. The van der Waals surface area contributed by atoms with Gasteiger partial charge in [-0.15, -0.1) is 0 Å². The fourth-order valence-electron chi connectivity index (χ4n) is 2.16. The standard InChI is InChI=1S/C16H12BrF2NO/c1-9(20-12-3-4-13(18)14(19)8-12)16-7-10-6-11(17)2-5-15(10)21-16/h2-9,20H,1H3. The molecular formula is C16H12BrF2NO. The molecule has 21 heavy (non-hydrogen) atoms. The van der Waals surface area contributed by atoms with Crippen molar-refractivity contribution in [2.24, 2.45) is 0 Å². The predicted octanol–water partition coefficient (Wildman–Crippen LogP) is 5.65. The van der Waals surface area contributed by atoms with Crippen LogP contribution in [-0.2, 0) is 0 Å². The summed E-state index contributed by atoms with van der Waals surface area (Å²) in [6.45, 7) is 1.90. The third kappa shape index (κ3) is 2.93. The van der Waals surface area contributed by atoms with E-state index in [1.807, 2.05) is 31.2 Å². The molecule has 3 aromatic rings. The first kappa shape index (κ1) is 14.1. The zero-order valence-corrected chi connectivity index (χ0v) is 12.7. The lowest BCUT2D eigenvalue weighted by Gasteiger charge is -2.12. The second-order valence-electron chi connectivity index (χ2n) is 4.83. The molecule has 0 radical (unpaired) electrons. The first-order valence-electron chi connectivity index (χ1n) is 6.43. The van der Waals surface area contributed by atoms with Crippen molar-refractivity contribution in [2.75, 3.05) is 5.32 Å². The molecule has 2 aromatic carbocycles. The van der Waals surface area contributed by atoms with E-state index in [1.54, 1.807) is 0 Å². The Bertz CT molecular complexity index is 800. The molecule has 0 fully saturated rings. The minimum absolute atomic E-state index is 0.166. The van der Waals surface area contributed by atoms with E-state index in [0.29, 0.717) is 5.69 Å². The van der Waals surface area contributed by atoms with Crippen LogP contribution in [0.4, 0.5) is 14.5 Å². The summed E-state index contributed by atoms with van der Waals surface area (Å²) in [5.74, 6) is -1.00. The Hall–Kier alpha value is -1.88. The van der Waals surface area contributed by atoms with Crippen LogP contribution >= 0.6 is 15.9 Å². The Morgan fingerprint density at radius 2 is 1.86 bits per heavy atom. The van der Waals surface area contributed by atoms with Gasteiger partial charge in [0.15, 0.2) is 11.6 Å². The Balaban J connectivity index is 1.85. The van der Waals surface area contributed by atoms with Gasteiger partial charge in [-0.2, -0.15) is 0 Å². The maximum atomic E-state index is 13.2. The van der Waals surface area contributed by atoms with Gasteiger partial charge < -0.3 is 9.73 Å². The average molecular weight is 352 g/mol. The van der Waals surface area contributed by atoms with Gasteiger partial charge in [-0.1, -0.05) is 15.9 Å². The molecule has 1 atom stereocenters. The third-order valence-electron chi connectivity index (χ3n) is 3.23.